The monoisotopic (exact) mass is 286 g/mol. The third kappa shape index (κ3) is 5.29. The van der Waals surface area contributed by atoms with Crippen molar-refractivity contribution in [2.75, 3.05) is 13.6 Å². The van der Waals surface area contributed by atoms with E-state index in [2.05, 4.69) is 5.32 Å². The fraction of sp³-hybridized carbons (Fsp3) is 0.933. The minimum Gasteiger partial charge on any atom is -0.444 e. The molecule has 1 unspecified atom stereocenters. The number of likely N-dealkylation sites (N-methyl/N-ethyl adjacent to an activating group) is 1. The third-order valence-corrected chi connectivity index (χ3v) is 3.91. The zero-order chi connectivity index (χ0) is 15.4. The van der Waals surface area contributed by atoms with Crippen molar-refractivity contribution in [1.82, 2.24) is 10.2 Å². The smallest absolute Gasteiger partial charge is 0.407 e. The number of hydrogen-bond acceptors (Lipinski definition) is 4. The van der Waals surface area contributed by atoms with Crippen LogP contribution >= 0.6 is 0 Å². The van der Waals surface area contributed by atoms with Crippen LogP contribution in [0.4, 0.5) is 4.79 Å². The Morgan fingerprint density at radius 2 is 1.90 bits per heavy atom. The molecule has 0 radical (unpaired) electrons. The van der Waals surface area contributed by atoms with Crippen LogP contribution in [0.2, 0.25) is 0 Å². The number of nitrogens with zero attached hydrogens (tertiary/aromatic N) is 1. The molecule has 0 spiro atoms. The molecule has 1 amide bonds. The second-order valence-electron chi connectivity index (χ2n) is 6.89. The summed E-state index contributed by atoms with van der Waals surface area (Å²) >= 11 is 0. The van der Waals surface area contributed by atoms with E-state index in [1.807, 2.05) is 39.6 Å². The van der Waals surface area contributed by atoms with E-state index in [-0.39, 0.29) is 6.04 Å². The lowest BCUT2D eigenvalue weighted by Gasteiger charge is -2.43. The maximum atomic E-state index is 11.6. The molecule has 5 nitrogen and oxygen atoms in total. The minimum absolute atomic E-state index is 0.0608. The molecule has 118 valence electrons. The molecule has 0 aromatic carbocycles. The summed E-state index contributed by atoms with van der Waals surface area (Å²) in [7, 11) is 1.92. The van der Waals surface area contributed by atoms with Crippen molar-refractivity contribution in [3.05, 3.63) is 0 Å². The van der Waals surface area contributed by atoms with Crippen molar-refractivity contribution in [1.29, 1.82) is 0 Å². The van der Waals surface area contributed by atoms with Gasteiger partial charge in [-0.2, -0.15) is 0 Å². The highest BCUT2D eigenvalue weighted by atomic mass is 16.6. The Balaban J connectivity index is 2.41. The van der Waals surface area contributed by atoms with E-state index in [0.717, 1.165) is 25.7 Å². The lowest BCUT2D eigenvalue weighted by Crippen LogP contribution is -2.54. The van der Waals surface area contributed by atoms with Gasteiger partial charge >= 0.3 is 6.09 Å². The van der Waals surface area contributed by atoms with Crippen LogP contribution in [0.15, 0.2) is 0 Å². The first-order chi connectivity index (χ1) is 9.14. The predicted octanol–water partition coefficient (Wildman–Crippen LogP) is 2.48. The highest BCUT2D eigenvalue weighted by molar-refractivity contribution is 5.67. The molecule has 0 heterocycles. The van der Waals surface area contributed by atoms with Gasteiger partial charge in [0.2, 0.25) is 0 Å². The summed E-state index contributed by atoms with van der Waals surface area (Å²) in [6.07, 6.45) is 4.52. The van der Waals surface area contributed by atoms with E-state index in [0.29, 0.717) is 6.54 Å². The first-order valence-electron chi connectivity index (χ1n) is 7.56. The average molecular weight is 286 g/mol. The van der Waals surface area contributed by atoms with E-state index in [4.69, 9.17) is 4.74 Å². The number of carbonyl (C=O) groups is 1. The molecule has 2 N–H and O–H groups in total. The number of ether oxygens (including phenoxy) is 1. The number of nitrogens with one attached hydrogen (secondary N) is 1. The van der Waals surface area contributed by atoms with Gasteiger partial charge in [0.15, 0.2) is 0 Å². The molecule has 0 bridgehead atoms. The summed E-state index contributed by atoms with van der Waals surface area (Å²) in [5.74, 6) is 0. The maximum absolute atomic E-state index is 11.6. The number of aliphatic hydroxyl groups is 1. The molecule has 5 heteroatoms. The summed E-state index contributed by atoms with van der Waals surface area (Å²) in [4.78, 5) is 13.6. The predicted molar refractivity (Wildman–Crippen MR) is 79.5 cm³/mol. The molecule has 0 aromatic rings. The lowest BCUT2D eigenvalue weighted by molar-refractivity contribution is -0.134. The number of amides is 1. The fourth-order valence-electron chi connectivity index (χ4n) is 2.56. The van der Waals surface area contributed by atoms with Gasteiger partial charge in [0.05, 0.1) is 0 Å². The summed E-state index contributed by atoms with van der Waals surface area (Å²) in [6, 6.07) is 0.0608. The van der Waals surface area contributed by atoms with Crippen LogP contribution in [-0.2, 0) is 4.74 Å². The van der Waals surface area contributed by atoms with Gasteiger partial charge in [-0.25, -0.2) is 4.79 Å². The average Bonchev–Trinajstić information content (AvgIpc) is 2.34. The quantitative estimate of drug-likeness (QED) is 0.779. The van der Waals surface area contributed by atoms with Crippen molar-refractivity contribution >= 4 is 6.09 Å². The number of carbonyl (C=O) groups excluding carboxylic acids is 1. The van der Waals surface area contributed by atoms with Gasteiger partial charge in [-0.05, 0) is 60.4 Å². The van der Waals surface area contributed by atoms with Crippen LogP contribution in [0, 0.1) is 0 Å². The Labute approximate surface area is 122 Å². The molecule has 1 saturated carbocycles. The number of hydrogen-bond donors (Lipinski definition) is 2. The van der Waals surface area contributed by atoms with Gasteiger partial charge < -0.3 is 15.2 Å². The fourth-order valence-corrected chi connectivity index (χ4v) is 2.56. The molecule has 1 aliphatic carbocycles. The molecule has 0 aromatic heterocycles. The Kier molecular flexibility index (Phi) is 5.83. The van der Waals surface area contributed by atoms with Gasteiger partial charge in [-0.3, -0.25) is 4.90 Å². The van der Waals surface area contributed by atoms with Gasteiger partial charge in [0, 0.05) is 12.6 Å². The molecule has 0 saturated heterocycles. The SMILES string of the molecule is CC(CNC(=O)OC(C)(C)C)N(C)C1(O)CCCCC1. The highest BCUT2D eigenvalue weighted by Crippen LogP contribution is 2.31. The largest absolute Gasteiger partial charge is 0.444 e. The Bertz CT molecular complexity index is 320. The van der Waals surface area contributed by atoms with Gasteiger partial charge in [-0.1, -0.05) is 6.42 Å². The number of alkyl carbamates (subject to hydrolysis) is 1. The topological polar surface area (TPSA) is 61.8 Å². The maximum Gasteiger partial charge on any atom is 0.407 e. The van der Waals surface area contributed by atoms with Crippen LogP contribution in [0.3, 0.4) is 0 Å². The molecule has 1 rings (SSSR count). The minimum atomic E-state index is -0.729. The normalized spacial score (nSPS) is 20.6. The Morgan fingerprint density at radius 1 is 1.35 bits per heavy atom. The summed E-state index contributed by atoms with van der Waals surface area (Å²) in [6.45, 7) is 7.99. The van der Waals surface area contributed by atoms with Crippen molar-refractivity contribution in [2.45, 2.75) is 77.2 Å². The van der Waals surface area contributed by atoms with E-state index in [1.165, 1.54) is 6.42 Å². The second-order valence-corrected chi connectivity index (χ2v) is 6.89. The van der Waals surface area contributed by atoms with E-state index in [1.54, 1.807) is 0 Å². The van der Waals surface area contributed by atoms with Crippen LogP contribution < -0.4 is 5.32 Å². The van der Waals surface area contributed by atoms with Crippen LogP contribution in [0.5, 0.6) is 0 Å². The third-order valence-electron chi connectivity index (χ3n) is 3.91. The Hall–Kier alpha value is -0.810. The van der Waals surface area contributed by atoms with Gasteiger partial charge in [0.1, 0.15) is 11.3 Å². The summed E-state index contributed by atoms with van der Waals surface area (Å²) in [5, 5.41) is 13.4. The molecular weight excluding hydrogens is 256 g/mol. The molecule has 20 heavy (non-hydrogen) atoms. The van der Waals surface area contributed by atoms with Crippen molar-refractivity contribution in [3.8, 4) is 0 Å². The molecule has 1 fully saturated rings. The first-order valence-corrected chi connectivity index (χ1v) is 7.56. The van der Waals surface area contributed by atoms with Crippen molar-refractivity contribution in [3.63, 3.8) is 0 Å². The Morgan fingerprint density at radius 3 is 2.40 bits per heavy atom. The standard InChI is InChI=1S/C15H30N2O3/c1-12(11-16-13(18)20-14(2,3)4)17(5)15(19)9-7-6-8-10-15/h12,19H,6-11H2,1-5H3,(H,16,18). The van der Waals surface area contributed by atoms with Gasteiger partial charge in [-0.15, -0.1) is 0 Å². The zero-order valence-electron chi connectivity index (χ0n) is 13.5. The molecule has 1 atom stereocenters. The summed E-state index contributed by atoms with van der Waals surface area (Å²) < 4.78 is 5.21. The molecule has 1 aliphatic rings. The van der Waals surface area contributed by atoms with E-state index < -0.39 is 17.4 Å². The van der Waals surface area contributed by atoms with Crippen LogP contribution in [0.1, 0.15) is 59.8 Å². The second kappa shape index (κ2) is 6.76. The number of rotatable bonds is 4. The van der Waals surface area contributed by atoms with E-state index in [9.17, 15) is 9.90 Å². The highest BCUT2D eigenvalue weighted by Gasteiger charge is 2.35. The van der Waals surface area contributed by atoms with E-state index >= 15 is 0 Å². The zero-order valence-corrected chi connectivity index (χ0v) is 13.5. The van der Waals surface area contributed by atoms with Crippen molar-refractivity contribution in [2.24, 2.45) is 0 Å². The van der Waals surface area contributed by atoms with Crippen LogP contribution in [0.25, 0.3) is 0 Å². The first kappa shape index (κ1) is 17.2. The van der Waals surface area contributed by atoms with Crippen LogP contribution in [-0.4, -0.2) is 47.1 Å². The van der Waals surface area contributed by atoms with Gasteiger partial charge in [0.25, 0.3) is 0 Å². The molecule has 0 aliphatic heterocycles. The molecular formula is C15H30N2O3. The van der Waals surface area contributed by atoms with Crippen molar-refractivity contribution < 1.29 is 14.6 Å². The lowest BCUT2D eigenvalue weighted by atomic mass is 9.90. The summed E-state index contributed by atoms with van der Waals surface area (Å²) in [5.41, 5.74) is -1.21.